The van der Waals surface area contributed by atoms with Gasteiger partial charge in [0.15, 0.2) is 0 Å². The van der Waals surface area contributed by atoms with Crippen LogP contribution < -0.4 is 0 Å². The molecule has 1 atom stereocenters. The molecule has 4 bridgehead atoms. The van der Waals surface area contributed by atoms with E-state index in [9.17, 15) is 9.59 Å². The Balaban J connectivity index is 1.06. The van der Waals surface area contributed by atoms with Crippen molar-refractivity contribution in [2.45, 2.75) is 84.8 Å². The molecule has 4 saturated carbocycles. The molecular weight excluding hydrogens is 454 g/mol. The van der Waals surface area contributed by atoms with Gasteiger partial charge in [-0.15, -0.1) is 0 Å². The van der Waals surface area contributed by atoms with E-state index in [4.69, 9.17) is 14.2 Å². The average Bonchev–Trinajstić information content (AvgIpc) is 2.84. The van der Waals surface area contributed by atoms with Gasteiger partial charge in [-0.1, -0.05) is 24.6 Å². The molecule has 1 aromatic rings. The highest BCUT2D eigenvalue weighted by molar-refractivity contribution is 5.70. The summed E-state index contributed by atoms with van der Waals surface area (Å²) in [6, 6.07) is 5.98. The Bertz CT molecular complexity index is 908. The van der Waals surface area contributed by atoms with Crippen LogP contribution in [0.4, 0.5) is 4.79 Å². The van der Waals surface area contributed by atoms with Crippen molar-refractivity contribution in [3.8, 4) is 0 Å². The summed E-state index contributed by atoms with van der Waals surface area (Å²) in [7, 11) is 0. The number of piperidine rings is 1. The highest BCUT2D eigenvalue weighted by atomic mass is 16.7. The number of hydrogen-bond acceptors (Lipinski definition) is 6. The maximum absolute atomic E-state index is 12.8. The standard InChI is InChI=1S/C30H43NO5/c1-3-31-6-4-5-22(17-31)18-35-29(33)36-20-27-8-21(2)7-26(12-27)19-34-28(32)16-30-13-23-9-24(14-30)11-25(10-23)15-30/h7-8,12,22-25H,3-6,9-11,13-20H2,1-2H3. The van der Waals surface area contributed by atoms with Crippen LogP contribution >= 0.6 is 0 Å². The smallest absolute Gasteiger partial charge is 0.461 e. The summed E-state index contributed by atoms with van der Waals surface area (Å²) in [6.45, 7) is 8.14. The number of likely N-dealkylation sites (tertiary alicyclic amines) is 1. The minimum absolute atomic E-state index is 0.0656. The first-order valence-electron chi connectivity index (χ1n) is 14.1. The minimum Gasteiger partial charge on any atom is -0.461 e. The molecule has 0 radical (unpaired) electrons. The second kappa shape index (κ2) is 11.1. The fourth-order valence-corrected chi connectivity index (χ4v) is 8.09. The second-order valence-electron chi connectivity index (χ2n) is 12.3. The van der Waals surface area contributed by atoms with Crippen molar-refractivity contribution in [1.82, 2.24) is 4.90 Å². The molecule has 1 unspecified atom stereocenters. The summed E-state index contributed by atoms with van der Waals surface area (Å²) in [6.07, 6.45) is 9.99. The molecular formula is C30H43NO5. The number of esters is 1. The lowest BCUT2D eigenvalue weighted by molar-refractivity contribution is -0.153. The Morgan fingerprint density at radius 2 is 1.58 bits per heavy atom. The van der Waals surface area contributed by atoms with Crippen LogP contribution in [0, 0.1) is 36.0 Å². The molecule has 1 heterocycles. The van der Waals surface area contributed by atoms with Crippen LogP contribution in [0.15, 0.2) is 18.2 Å². The third kappa shape index (κ3) is 6.42. The van der Waals surface area contributed by atoms with E-state index in [1.54, 1.807) is 0 Å². The first-order chi connectivity index (χ1) is 17.4. The van der Waals surface area contributed by atoms with E-state index in [1.807, 2.05) is 25.1 Å². The average molecular weight is 498 g/mol. The van der Waals surface area contributed by atoms with E-state index in [-0.39, 0.29) is 24.6 Å². The molecule has 198 valence electrons. The molecule has 4 aliphatic carbocycles. The Morgan fingerprint density at radius 3 is 2.22 bits per heavy atom. The van der Waals surface area contributed by atoms with Crippen molar-refractivity contribution >= 4 is 12.1 Å². The summed E-state index contributed by atoms with van der Waals surface area (Å²) < 4.78 is 16.5. The highest BCUT2D eigenvalue weighted by Gasteiger charge is 2.51. The number of ether oxygens (including phenoxy) is 3. The Morgan fingerprint density at radius 1 is 0.944 bits per heavy atom. The van der Waals surface area contributed by atoms with Gasteiger partial charge >= 0.3 is 12.1 Å². The van der Waals surface area contributed by atoms with Crippen molar-refractivity contribution in [2.24, 2.45) is 29.1 Å². The molecule has 0 amide bonds. The molecule has 5 fully saturated rings. The van der Waals surface area contributed by atoms with Gasteiger partial charge in [0.1, 0.15) is 13.2 Å². The highest BCUT2D eigenvalue weighted by Crippen LogP contribution is 2.61. The molecule has 0 spiro atoms. The Hall–Kier alpha value is -2.08. The van der Waals surface area contributed by atoms with Gasteiger partial charge in [0.2, 0.25) is 0 Å². The van der Waals surface area contributed by atoms with E-state index in [0.29, 0.717) is 18.9 Å². The largest absolute Gasteiger partial charge is 0.508 e. The number of carbonyl (C=O) groups excluding carboxylic acids is 2. The fourth-order valence-electron chi connectivity index (χ4n) is 8.09. The van der Waals surface area contributed by atoms with Crippen LogP contribution in [0.2, 0.25) is 0 Å². The van der Waals surface area contributed by atoms with Crippen LogP contribution in [0.5, 0.6) is 0 Å². The zero-order chi connectivity index (χ0) is 25.1. The van der Waals surface area contributed by atoms with Crippen molar-refractivity contribution in [3.05, 3.63) is 34.9 Å². The maximum Gasteiger partial charge on any atom is 0.508 e. The summed E-state index contributed by atoms with van der Waals surface area (Å²) in [5, 5.41) is 0. The zero-order valence-electron chi connectivity index (χ0n) is 22.1. The van der Waals surface area contributed by atoms with Crippen molar-refractivity contribution < 1.29 is 23.8 Å². The predicted octanol–water partition coefficient (Wildman–Crippen LogP) is 6.03. The normalized spacial score (nSPS) is 31.3. The molecule has 6 nitrogen and oxygen atoms in total. The summed E-state index contributed by atoms with van der Waals surface area (Å²) in [4.78, 5) is 27.4. The lowest BCUT2D eigenvalue weighted by Crippen LogP contribution is -2.47. The first-order valence-corrected chi connectivity index (χ1v) is 14.1. The van der Waals surface area contributed by atoms with Crippen molar-refractivity contribution in [2.75, 3.05) is 26.2 Å². The van der Waals surface area contributed by atoms with Crippen LogP contribution in [0.3, 0.4) is 0 Å². The third-order valence-electron chi connectivity index (χ3n) is 9.13. The van der Waals surface area contributed by atoms with Crippen molar-refractivity contribution in [1.29, 1.82) is 0 Å². The molecule has 6 rings (SSSR count). The number of aryl methyl sites for hydroxylation is 1. The molecule has 1 aliphatic heterocycles. The van der Waals surface area contributed by atoms with E-state index < -0.39 is 6.16 Å². The minimum atomic E-state index is -0.617. The van der Waals surface area contributed by atoms with E-state index >= 15 is 0 Å². The summed E-state index contributed by atoms with van der Waals surface area (Å²) >= 11 is 0. The second-order valence-corrected chi connectivity index (χ2v) is 12.3. The van der Waals surface area contributed by atoms with E-state index in [2.05, 4.69) is 11.8 Å². The molecule has 1 aromatic carbocycles. The number of carbonyl (C=O) groups is 2. The van der Waals surface area contributed by atoms with Crippen molar-refractivity contribution in [3.63, 3.8) is 0 Å². The zero-order valence-corrected chi connectivity index (χ0v) is 22.1. The Labute approximate surface area is 216 Å². The first kappa shape index (κ1) is 25.6. The van der Waals surface area contributed by atoms with Gasteiger partial charge in [-0.25, -0.2) is 4.79 Å². The van der Waals surface area contributed by atoms with Gasteiger partial charge in [0.05, 0.1) is 13.0 Å². The lowest BCUT2D eigenvalue weighted by Gasteiger charge is -2.56. The number of benzene rings is 1. The lowest BCUT2D eigenvalue weighted by atomic mass is 9.49. The van der Waals surface area contributed by atoms with Crippen LogP contribution in [0.1, 0.15) is 81.4 Å². The monoisotopic (exact) mass is 497 g/mol. The van der Waals surface area contributed by atoms with Crippen LogP contribution in [0.25, 0.3) is 0 Å². The van der Waals surface area contributed by atoms with E-state index in [0.717, 1.165) is 66.9 Å². The Kier molecular flexibility index (Phi) is 7.90. The van der Waals surface area contributed by atoms with Gasteiger partial charge in [-0.2, -0.15) is 0 Å². The maximum atomic E-state index is 12.8. The number of hydrogen-bond donors (Lipinski definition) is 0. The summed E-state index contributed by atoms with van der Waals surface area (Å²) in [5.74, 6) is 2.82. The van der Waals surface area contributed by atoms with Gasteiger partial charge in [-0.3, -0.25) is 4.79 Å². The van der Waals surface area contributed by atoms with Gasteiger partial charge in [0, 0.05) is 12.5 Å². The SMILES string of the molecule is CCN1CCCC(COC(=O)OCc2cc(C)cc(COC(=O)CC34CC5CC(CC(C5)C3)C4)c2)C1. The fraction of sp³-hybridized carbons (Fsp3) is 0.733. The van der Waals surface area contributed by atoms with Crippen LogP contribution in [-0.4, -0.2) is 43.3 Å². The summed E-state index contributed by atoms with van der Waals surface area (Å²) in [5.41, 5.74) is 3.07. The van der Waals surface area contributed by atoms with Gasteiger partial charge in [0.25, 0.3) is 0 Å². The molecule has 1 saturated heterocycles. The molecule has 5 aliphatic rings. The molecule has 6 heteroatoms. The topological polar surface area (TPSA) is 65.1 Å². The number of rotatable bonds is 9. The molecule has 0 aromatic heterocycles. The van der Waals surface area contributed by atoms with Gasteiger partial charge < -0.3 is 19.1 Å². The quantitative estimate of drug-likeness (QED) is 0.388. The van der Waals surface area contributed by atoms with E-state index in [1.165, 1.54) is 38.5 Å². The van der Waals surface area contributed by atoms with Gasteiger partial charge in [-0.05, 0) is 112 Å². The molecule has 36 heavy (non-hydrogen) atoms. The predicted molar refractivity (Wildman–Crippen MR) is 137 cm³/mol. The molecule has 0 N–H and O–H groups in total. The number of nitrogens with zero attached hydrogens (tertiary/aromatic N) is 1. The third-order valence-corrected chi connectivity index (χ3v) is 9.13. The van der Waals surface area contributed by atoms with Crippen LogP contribution in [-0.2, 0) is 32.2 Å².